The Balaban J connectivity index is 1.44. The number of hydrogen-bond donors (Lipinski definition) is 1. The first-order chi connectivity index (χ1) is 9.88. The average molecular weight is 269 g/mol. The molecule has 2 atom stereocenters. The van der Waals surface area contributed by atoms with Gasteiger partial charge in [-0.15, -0.1) is 0 Å². The summed E-state index contributed by atoms with van der Waals surface area (Å²) in [6.45, 7) is 5.65. The van der Waals surface area contributed by atoms with Crippen LogP contribution in [0.4, 0.5) is 0 Å². The van der Waals surface area contributed by atoms with Gasteiger partial charge < -0.3 is 5.32 Å². The first kappa shape index (κ1) is 12.1. The van der Waals surface area contributed by atoms with Gasteiger partial charge in [0.25, 0.3) is 0 Å². The fourth-order valence-corrected chi connectivity index (χ4v) is 3.36. The second kappa shape index (κ2) is 5.00. The zero-order valence-corrected chi connectivity index (χ0v) is 11.4. The molecule has 20 heavy (non-hydrogen) atoms. The normalized spacial score (nSPS) is 26.0. The highest BCUT2D eigenvalue weighted by Crippen LogP contribution is 2.27. The van der Waals surface area contributed by atoms with Crippen molar-refractivity contribution in [3.8, 4) is 5.69 Å². The van der Waals surface area contributed by atoms with E-state index in [-0.39, 0.29) is 0 Å². The molecule has 5 heteroatoms. The van der Waals surface area contributed by atoms with Crippen molar-refractivity contribution in [3.63, 3.8) is 0 Å². The van der Waals surface area contributed by atoms with Gasteiger partial charge in [0, 0.05) is 19.6 Å². The van der Waals surface area contributed by atoms with Crippen LogP contribution in [0.2, 0.25) is 0 Å². The Hall–Kier alpha value is -1.72. The SMILES string of the molecule is c1ccc(-n2ncc(CN3C[C@H]4CNC[C@H]4C3)n2)cc1. The highest BCUT2D eigenvalue weighted by atomic mass is 15.5. The maximum atomic E-state index is 4.59. The first-order valence-corrected chi connectivity index (χ1v) is 7.28. The van der Waals surface area contributed by atoms with Crippen LogP contribution >= 0.6 is 0 Å². The van der Waals surface area contributed by atoms with Crippen molar-refractivity contribution in [1.82, 2.24) is 25.2 Å². The summed E-state index contributed by atoms with van der Waals surface area (Å²) >= 11 is 0. The minimum atomic E-state index is 0.833. The third kappa shape index (κ3) is 2.23. The summed E-state index contributed by atoms with van der Waals surface area (Å²) in [6.07, 6.45) is 1.89. The minimum absolute atomic E-state index is 0.833. The molecule has 0 unspecified atom stereocenters. The van der Waals surface area contributed by atoms with E-state index < -0.39 is 0 Å². The summed E-state index contributed by atoms with van der Waals surface area (Å²) in [4.78, 5) is 4.23. The van der Waals surface area contributed by atoms with E-state index in [1.54, 1.807) is 4.80 Å². The highest BCUT2D eigenvalue weighted by Gasteiger charge is 2.36. The second-order valence-electron chi connectivity index (χ2n) is 5.83. The average Bonchev–Trinajstić information content (AvgIpc) is 3.16. The van der Waals surface area contributed by atoms with Gasteiger partial charge in [-0.3, -0.25) is 4.90 Å². The van der Waals surface area contributed by atoms with Crippen molar-refractivity contribution >= 4 is 0 Å². The van der Waals surface area contributed by atoms with Crippen LogP contribution in [0.5, 0.6) is 0 Å². The molecule has 2 aliphatic rings. The molecule has 104 valence electrons. The molecule has 5 nitrogen and oxygen atoms in total. The number of aromatic nitrogens is 3. The Morgan fingerprint density at radius 2 is 1.85 bits per heavy atom. The Kier molecular flexibility index (Phi) is 3.01. The molecule has 4 rings (SSSR count). The molecule has 0 amide bonds. The van der Waals surface area contributed by atoms with Crippen molar-refractivity contribution in [3.05, 3.63) is 42.2 Å². The molecule has 0 radical (unpaired) electrons. The predicted octanol–water partition coefficient (Wildman–Crippen LogP) is 0.918. The molecule has 2 fully saturated rings. The van der Waals surface area contributed by atoms with E-state index in [0.717, 1.165) is 29.8 Å². The lowest BCUT2D eigenvalue weighted by atomic mass is 10.0. The third-order valence-electron chi connectivity index (χ3n) is 4.38. The fourth-order valence-electron chi connectivity index (χ4n) is 3.36. The van der Waals surface area contributed by atoms with Crippen LogP contribution in [0.25, 0.3) is 5.69 Å². The smallest absolute Gasteiger partial charge is 0.0971 e. The molecule has 3 heterocycles. The quantitative estimate of drug-likeness (QED) is 0.900. The summed E-state index contributed by atoms with van der Waals surface area (Å²) in [5, 5.41) is 12.4. The van der Waals surface area contributed by atoms with Crippen LogP contribution in [0, 0.1) is 11.8 Å². The number of nitrogens with one attached hydrogen (secondary N) is 1. The lowest BCUT2D eigenvalue weighted by Gasteiger charge is -2.14. The summed E-state index contributed by atoms with van der Waals surface area (Å²) in [6, 6.07) is 10.1. The number of fused-ring (bicyclic) bond motifs is 1. The largest absolute Gasteiger partial charge is 0.316 e. The molecule has 0 bridgehead atoms. The molecule has 2 aliphatic heterocycles. The predicted molar refractivity (Wildman–Crippen MR) is 76.5 cm³/mol. The molecular formula is C15H19N5. The lowest BCUT2D eigenvalue weighted by molar-refractivity contribution is 0.301. The molecule has 1 aromatic carbocycles. The third-order valence-corrected chi connectivity index (χ3v) is 4.38. The van der Waals surface area contributed by atoms with E-state index in [1.165, 1.54) is 26.2 Å². The van der Waals surface area contributed by atoms with Gasteiger partial charge >= 0.3 is 0 Å². The van der Waals surface area contributed by atoms with Crippen LogP contribution in [-0.2, 0) is 6.54 Å². The van der Waals surface area contributed by atoms with Crippen LogP contribution in [0.1, 0.15) is 5.69 Å². The number of hydrogen-bond acceptors (Lipinski definition) is 4. The van der Waals surface area contributed by atoms with Crippen molar-refractivity contribution in [2.45, 2.75) is 6.54 Å². The van der Waals surface area contributed by atoms with Crippen LogP contribution < -0.4 is 5.32 Å². The van der Waals surface area contributed by atoms with Crippen LogP contribution in [-0.4, -0.2) is 46.1 Å². The fraction of sp³-hybridized carbons (Fsp3) is 0.467. The van der Waals surface area contributed by atoms with Gasteiger partial charge in [-0.2, -0.15) is 15.0 Å². The Labute approximate surface area is 118 Å². The van der Waals surface area contributed by atoms with Crippen molar-refractivity contribution in [1.29, 1.82) is 0 Å². The van der Waals surface area contributed by atoms with Gasteiger partial charge in [-0.25, -0.2) is 0 Å². The van der Waals surface area contributed by atoms with E-state index >= 15 is 0 Å². The Morgan fingerprint density at radius 3 is 2.60 bits per heavy atom. The van der Waals surface area contributed by atoms with Crippen molar-refractivity contribution in [2.75, 3.05) is 26.2 Å². The van der Waals surface area contributed by atoms with Gasteiger partial charge in [-0.05, 0) is 37.1 Å². The zero-order chi connectivity index (χ0) is 13.4. The number of rotatable bonds is 3. The molecule has 1 aromatic heterocycles. The van der Waals surface area contributed by atoms with Gasteiger partial charge in [0.1, 0.15) is 0 Å². The van der Waals surface area contributed by atoms with Crippen LogP contribution in [0.3, 0.4) is 0 Å². The van der Waals surface area contributed by atoms with E-state index in [2.05, 4.69) is 20.4 Å². The Morgan fingerprint density at radius 1 is 1.10 bits per heavy atom. The summed E-state index contributed by atoms with van der Waals surface area (Å²) in [5.74, 6) is 1.67. The number of benzene rings is 1. The summed E-state index contributed by atoms with van der Waals surface area (Å²) in [7, 11) is 0. The first-order valence-electron chi connectivity index (χ1n) is 7.28. The highest BCUT2D eigenvalue weighted by molar-refractivity contribution is 5.28. The van der Waals surface area contributed by atoms with Gasteiger partial charge in [-0.1, -0.05) is 18.2 Å². The number of nitrogens with zero attached hydrogens (tertiary/aromatic N) is 4. The van der Waals surface area contributed by atoms with Crippen molar-refractivity contribution < 1.29 is 0 Å². The van der Waals surface area contributed by atoms with Gasteiger partial charge in [0.05, 0.1) is 17.6 Å². The summed E-state index contributed by atoms with van der Waals surface area (Å²) in [5.41, 5.74) is 2.07. The van der Waals surface area contributed by atoms with E-state index in [9.17, 15) is 0 Å². The van der Waals surface area contributed by atoms with E-state index in [1.807, 2.05) is 36.5 Å². The summed E-state index contributed by atoms with van der Waals surface area (Å²) < 4.78 is 0. The zero-order valence-electron chi connectivity index (χ0n) is 11.4. The Bertz CT molecular complexity index is 567. The molecule has 0 aliphatic carbocycles. The van der Waals surface area contributed by atoms with Crippen molar-refractivity contribution in [2.24, 2.45) is 11.8 Å². The standard InChI is InChI=1S/C15H19N5/c1-2-4-15(5-3-1)20-17-8-14(18-20)11-19-9-12-6-16-7-13(12)10-19/h1-5,8,12-13,16H,6-7,9-11H2/t12-,13+. The van der Waals surface area contributed by atoms with Gasteiger partial charge in [0.2, 0.25) is 0 Å². The van der Waals surface area contributed by atoms with Gasteiger partial charge in [0.15, 0.2) is 0 Å². The maximum Gasteiger partial charge on any atom is 0.0971 e. The molecule has 0 saturated carbocycles. The molecular weight excluding hydrogens is 250 g/mol. The number of para-hydroxylation sites is 1. The molecule has 0 spiro atoms. The van der Waals surface area contributed by atoms with E-state index in [4.69, 9.17) is 0 Å². The molecule has 2 aromatic rings. The number of likely N-dealkylation sites (tertiary alicyclic amines) is 1. The monoisotopic (exact) mass is 269 g/mol. The second-order valence-corrected chi connectivity index (χ2v) is 5.83. The van der Waals surface area contributed by atoms with E-state index in [0.29, 0.717) is 0 Å². The molecule has 2 saturated heterocycles. The van der Waals surface area contributed by atoms with Crippen LogP contribution in [0.15, 0.2) is 36.5 Å². The maximum absolute atomic E-state index is 4.59. The lowest BCUT2D eigenvalue weighted by Crippen LogP contribution is -2.25. The topological polar surface area (TPSA) is 46.0 Å². The molecule has 1 N–H and O–H groups in total. The minimum Gasteiger partial charge on any atom is -0.316 e.